The molecule has 412 valence electrons. The standard InChI is InChI=1S/C64H120O6/c1-4-7-10-13-16-19-21-23-25-27-28-29-30-31-32-33-34-35-36-38-39-41-43-45-48-51-54-57-63(66)69-60-61(59-68-62(65)56-53-50-47-18-15-12-9-6-3)70-64(67)58-55-52-49-46-44-42-40-37-26-24-22-20-17-14-11-8-5-2/h17,20,24,26,61H,4-16,18-19,21-23,25,27-60H2,1-3H3/b20-17-,26-24-. The van der Waals surface area contributed by atoms with Gasteiger partial charge in [0.05, 0.1) is 0 Å². The van der Waals surface area contributed by atoms with Gasteiger partial charge < -0.3 is 14.2 Å². The van der Waals surface area contributed by atoms with Gasteiger partial charge in [-0.15, -0.1) is 0 Å². The monoisotopic (exact) mass is 985 g/mol. The molecule has 0 aliphatic rings. The van der Waals surface area contributed by atoms with Crippen LogP contribution in [0.3, 0.4) is 0 Å². The van der Waals surface area contributed by atoms with Crippen LogP contribution in [-0.4, -0.2) is 37.2 Å². The number of ether oxygens (including phenoxy) is 3. The molecule has 0 heterocycles. The van der Waals surface area contributed by atoms with Crippen molar-refractivity contribution in [3.05, 3.63) is 24.3 Å². The number of esters is 3. The lowest BCUT2D eigenvalue weighted by atomic mass is 10.0. The zero-order valence-corrected chi connectivity index (χ0v) is 47.3. The number of rotatable bonds is 58. The van der Waals surface area contributed by atoms with E-state index in [1.54, 1.807) is 0 Å². The van der Waals surface area contributed by atoms with Crippen molar-refractivity contribution in [2.24, 2.45) is 0 Å². The summed E-state index contributed by atoms with van der Waals surface area (Å²) in [5, 5.41) is 0. The van der Waals surface area contributed by atoms with Crippen molar-refractivity contribution in [2.45, 2.75) is 354 Å². The highest BCUT2D eigenvalue weighted by molar-refractivity contribution is 5.71. The van der Waals surface area contributed by atoms with Gasteiger partial charge in [-0.05, 0) is 51.4 Å². The van der Waals surface area contributed by atoms with E-state index in [4.69, 9.17) is 14.2 Å². The van der Waals surface area contributed by atoms with E-state index in [1.165, 1.54) is 238 Å². The predicted molar refractivity (Wildman–Crippen MR) is 303 cm³/mol. The van der Waals surface area contributed by atoms with E-state index in [9.17, 15) is 14.4 Å². The number of allylic oxidation sites excluding steroid dienone is 4. The minimum absolute atomic E-state index is 0.0694. The molecular formula is C64H120O6. The molecule has 0 saturated heterocycles. The first-order chi connectivity index (χ1) is 34.5. The van der Waals surface area contributed by atoms with Crippen molar-refractivity contribution in [3.63, 3.8) is 0 Å². The molecular weight excluding hydrogens is 865 g/mol. The van der Waals surface area contributed by atoms with Gasteiger partial charge in [-0.25, -0.2) is 0 Å². The highest BCUT2D eigenvalue weighted by Crippen LogP contribution is 2.18. The Kier molecular flexibility index (Phi) is 57.7. The van der Waals surface area contributed by atoms with Crippen molar-refractivity contribution in [2.75, 3.05) is 13.2 Å². The summed E-state index contributed by atoms with van der Waals surface area (Å²) in [6.07, 6.45) is 70.7. The van der Waals surface area contributed by atoms with Crippen molar-refractivity contribution in [1.82, 2.24) is 0 Å². The fourth-order valence-corrected chi connectivity index (χ4v) is 9.48. The first-order valence-corrected chi connectivity index (χ1v) is 31.3. The molecule has 1 unspecified atom stereocenters. The Balaban J connectivity index is 4.08. The minimum atomic E-state index is -0.770. The van der Waals surface area contributed by atoms with E-state index in [0.717, 1.165) is 70.6 Å². The summed E-state index contributed by atoms with van der Waals surface area (Å²) in [5.74, 6) is -0.860. The number of hydrogen-bond donors (Lipinski definition) is 0. The Morgan fingerprint density at radius 3 is 0.814 bits per heavy atom. The first kappa shape index (κ1) is 67.9. The molecule has 0 amide bonds. The molecule has 0 N–H and O–H groups in total. The minimum Gasteiger partial charge on any atom is -0.462 e. The summed E-state index contributed by atoms with van der Waals surface area (Å²) in [6, 6.07) is 0. The average molecular weight is 986 g/mol. The zero-order valence-electron chi connectivity index (χ0n) is 47.3. The quantitative estimate of drug-likeness (QED) is 0.0261. The Hall–Kier alpha value is -2.11. The second-order valence-electron chi connectivity index (χ2n) is 21.3. The average Bonchev–Trinajstić information content (AvgIpc) is 3.36. The maximum absolute atomic E-state index is 12.8. The predicted octanol–water partition coefficient (Wildman–Crippen LogP) is 21.1. The molecule has 70 heavy (non-hydrogen) atoms. The van der Waals surface area contributed by atoms with Crippen LogP contribution in [0.1, 0.15) is 348 Å². The SMILES string of the molecule is CCCCC/C=C\C/C=C\CCCCCCCCCC(=O)OC(COC(=O)CCCCCCCCCC)COC(=O)CCCCCCCCCCCCCCCCCCCCCCCCCCCCC. The van der Waals surface area contributed by atoms with E-state index in [-0.39, 0.29) is 31.1 Å². The van der Waals surface area contributed by atoms with Crippen LogP contribution in [0.2, 0.25) is 0 Å². The number of carbonyl (C=O) groups is 3. The summed E-state index contributed by atoms with van der Waals surface area (Å²) in [5.41, 5.74) is 0. The molecule has 0 rings (SSSR count). The van der Waals surface area contributed by atoms with Gasteiger partial charge in [0.2, 0.25) is 0 Å². The Morgan fingerprint density at radius 1 is 0.286 bits per heavy atom. The molecule has 0 aromatic rings. The fraction of sp³-hybridized carbons (Fsp3) is 0.891. The van der Waals surface area contributed by atoms with E-state index in [0.29, 0.717) is 19.3 Å². The smallest absolute Gasteiger partial charge is 0.306 e. The van der Waals surface area contributed by atoms with Gasteiger partial charge in [-0.3, -0.25) is 14.4 Å². The summed E-state index contributed by atoms with van der Waals surface area (Å²) in [6.45, 7) is 6.63. The highest BCUT2D eigenvalue weighted by Gasteiger charge is 2.19. The molecule has 0 radical (unpaired) electrons. The normalized spacial score (nSPS) is 12.1. The third-order valence-electron chi connectivity index (χ3n) is 14.2. The van der Waals surface area contributed by atoms with Crippen LogP contribution in [0.25, 0.3) is 0 Å². The summed E-state index contributed by atoms with van der Waals surface area (Å²) < 4.78 is 16.8. The van der Waals surface area contributed by atoms with E-state index < -0.39 is 6.10 Å². The molecule has 0 bridgehead atoms. The van der Waals surface area contributed by atoms with Crippen molar-refractivity contribution in [1.29, 1.82) is 0 Å². The summed E-state index contributed by atoms with van der Waals surface area (Å²) >= 11 is 0. The summed E-state index contributed by atoms with van der Waals surface area (Å²) in [7, 11) is 0. The maximum Gasteiger partial charge on any atom is 0.306 e. The second-order valence-corrected chi connectivity index (χ2v) is 21.3. The van der Waals surface area contributed by atoms with Crippen LogP contribution in [0.15, 0.2) is 24.3 Å². The van der Waals surface area contributed by atoms with Crippen LogP contribution < -0.4 is 0 Å². The lowest BCUT2D eigenvalue weighted by Crippen LogP contribution is -2.30. The zero-order chi connectivity index (χ0) is 50.7. The topological polar surface area (TPSA) is 78.9 Å². The molecule has 0 aromatic carbocycles. The van der Waals surface area contributed by atoms with Crippen molar-refractivity contribution in [3.8, 4) is 0 Å². The van der Waals surface area contributed by atoms with E-state index >= 15 is 0 Å². The Labute approximate surface area is 436 Å². The van der Waals surface area contributed by atoms with Gasteiger partial charge in [-0.2, -0.15) is 0 Å². The van der Waals surface area contributed by atoms with Crippen molar-refractivity contribution >= 4 is 17.9 Å². The largest absolute Gasteiger partial charge is 0.462 e. The molecule has 0 aromatic heterocycles. The molecule has 6 heteroatoms. The molecule has 0 aliphatic carbocycles. The Morgan fingerprint density at radius 2 is 0.514 bits per heavy atom. The lowest BCUT2D eigenvalue weighted by molar-refractivity contribution is -0.167. The summed E-state index contributed by atoms with van der Waals surface area (Å²) in [4.78, 5) is 38.1. The third-order valence-corrected chi connectivity index (χ3v) is 14.2. The van der Waals surface area contributed by atoms with Gasteiger partial charge in [0.1, 0.15) is 13.2 Å². The molecule has 1 atom stereocenters. The fourth-order valence-electron chi connectivity index (χ4n) is 9.48. The highest BCUT2D eigenvalue weighted by atomic mass is 16.6. The number of carbonyl (C=O) groups excluding carboxylic acids is 3. The third kappa shape index (κ3) is 56.8. The molecule has 0 saturated carbocycles. The van der Waals surface area contributed by atoms with Crippen molar-refractivity contribution < 1.29 is 28.6 Å². The van der Waals surface area contributed by atoms with Crippen LogP contribution >= 0.6 is 0 Å². The van der Waals surface area contributed by atoms with Crippen LogP contribution in [0, 0.1) is 0 Å². The van der Waals surface area contributed by atoms with Crippen LogP contribution in [0.4, 0.5) is 0 Å². The number of hydrogen-bond acceptors (Lipinski definition) is 6. The molecule has 0 fully saturated rings. The Bertz CT molecular complexity index is 1130. The molecule has 0 spiro atoms. The van der Waals surface area contributed by atoms with E-state index in [2.05, 4.69) is 45.1 Å². The first-order valence-electron chi connectivity index (χ1n) is 31.3. The van der Waals surface area contributed by atoms with Gasteiger partial charge >= 0.3 is 17.9 Å². The number of unbranched alkanes of at least 4 members (excludes halogenated alkanes) is 43. The van der Waals surface area contributed by atoms with Gasteiger partial charge in [0.25, 0.3) is 0 Å². The van der Waals surface area contributed by atoms with Gasteiger partial charge in [0.15, 0.2) is 6.10 Å². The molecule has 6 nitrogen and oxygen atoms in total. The second kappa shape index (κ2) is 59.5. The van der Waals surface area contributed by atoms with Crippen LogP contribution in [-0.2, 0) is 28.6 Å². The molecule has 0 aliphatic heterocycles. The van der Waals surface area contributed by atoms with E-state index in [1.807, 2.05) is 0 Å². The van der Waals surface area contributed by atoms with Gasteiger partial charge in [-0.1, -0.05) is 302 Å². The van der Waals surface area contributed by atoms with Crippen LogP contribution in [0.5, 0.6) is 0 Å². The maximum atomic E-state index is 12.8. The van der Waals surface area contributed by atoms with Gasteiger partial charge in [0, 0.05) is 19.3 Å². The lowest BCUT2D eigenvalue weighted by Gasteiger charge is -2.18.